The summed E-state index contributed by atoms with van der Waals surface area (Å²) in [5.41, 5.74) is 1.18. The molecule has 0 heterocycles. The lowest BCUT2D eigenvalue weighted by Crippen LogP contribution is -2.05. The van der Waals surface area contributed by atoms with Gasteiger partial charge in [0.15, 0.2) is 0 Å². The van der Waals surface area contributed by atoms with Gasteiger partial charge in [-0.3, -0.25) is 0 Å². The summed E-state index contributed by atoms with van der Waals surface area (Å²) in [6, 6.07) is 15.8. The molecule has 0 saturated carbocycles. The second-order valence-corrected chi connectivity index (χ2v) is 5.13. The third-order valence-corrected chi connectivity index (χ3v) is 3.59. The van der Waals surface area contributed by atoms with Crippen LogP contribution in [-0.4, -0.2) is 13.2 Å². The molecule has 2 rings (SSSR count). The summed E-state index contributed by atoms with van der Waals surface area (Å²) < 4.78 is 12.4. The average molecular weight is 321 g/mol. The smallest absolute Gasteiger partial charge is 0.119 e. The van der Waals surface area contributed by atoms with Gasteiger partial charge in [-0.1, -0.05) is 34.1 Å². The summed E-state index contributed by atoms with van der Waals surface area (Å²) in [4.78, 5) is 0. The van der Waals surface area contributed by atoms with E-state index < -0.39 is 0 Å². The monoisotopic (exact) mass is 320 g/mol. The number of rotatable bonds is 6. The van der Waals surface area contributed by atoms with Crippen LogP contribution in [0.2, 0.25) is 0 Å². The Morgan fingerprint density at radius 1 is 0.895 bits per heavy atom. The molecule has 0 atom stereocenters. The van der Waals surface area contributed by atoms with Crippen LogP contribution in [0.1, 0.15) is 12.0 Å². The summed E-state index contributed by atoms with van der Waals surface area (Å²) in [5.74, 6) is 1.81. The minimum Gasteiger partial charge on any atom is -0.493 e. The maximum absolute atomic E-state index is 5.68. The van der Waals surface area contributed by atoms with Gasteiger partial charge in [-0.05, 0) is 42.8 Å². The normalized spacial score (nSPS) is 10.2. The predicted octanol–water partition coefficient (Wildman–Crippen LogP) is 4.61. The third kappa shape index (κ3) is 4.60. The minimum absolute atomic E-state index is 0.661. The van der Waals surface area contributed by atoms with E-state index in [1.165, 1.54) is 5.56 Å². The number of para-hydroxylation sites is 1. The Hall–Kier alpha value is -1.48. The molecule has 2 aromatic carbocycles. The average Bonchev–Trinajstić information content (AvgIpc) is 2.43. The molecule has 0 bridgehead atoms. The molecule has 0 amide bonds. The zero-order valence-electron chi connectivity index (χ0n) is 10.9. The second-order valence-electron chi connectivity index (χ2n) is 4.27. The van der Waals surface area contributed by atoms with Crippen molar-refractivity contribution in [2.24, 2.45) is 0 Å². The van der Waals surface area contributed by atoms with E-state index in [0.717, 1.165) is 22.4 Å². The first-order chi connectivity index (χ1) is 9.25. The Labute approximate surface area is 122 Å². The van der Waals surface area contributed by atoms with Crippen LogP contribution in [0.5, 0.6) is 11.5 Å². The van der Waals surface area contributed by atoms with Gasteiger partial charge >= 0.3 is 0 Å². The van der Waals surface area contributed by atoms with Gasteiger partial charge in [0.25, 0.3) is 0 Å². The Bertz CT molecular complexity index is 511. The van der Waals surface area contributed by atoms with Crippen LogP contribution in [0.25, 0.3) is 0 Å². The summed E-state index contributed by atoms with van der Waals surface area (Å²) in [6.07, 6.45) is 0.865. The SMILES string of the molecule is Cc1cc(OCCCOc2ccccc2)ccc1Br. The molecule has 0 N–H and O–H groups in total. The molecular weight excluding hydrogens is 304 g/mol. The lowest BCUT2D eigenvalue weighted by Gasteiger charge is -2.09. The van der Waals surface area contributed by atoms with Crippen molar-refractivity contribution in [3.63, 3.8) is 0 Å². The summed E-state index contributed by atoms with van der Waals surface area (Å²) in [5, 5.41) is 0. The Kier molecular flexibility index (Phi) is 5.28. The molecule has 0 aromatic heterocycles. The molecule has 0 radical (unpaired) electrons. The molecule has 100 valence electrons. The van der Waals surface area contributed by atoms with Crippen molar-refractivity contribution in [2.45, 2.75) is 13.3 Å². The van der Waals surface area contributed by atoms with Crippen molar-refractivity contribution < 1.29 is 9.47 Å². The maximum Gasteiger partial charge on any atom is 0.119 e. The van der Waals surface area contributed by atoms with E-state index >= 15 is 0 Å². The Morgan fingerprint density at radius 2 is 1.58 bits per heavy atom. The fourth-order valence-electron chi connectivity index (χ4n) is 1.66. The molecule has 3 heteroatoms. The molecule has 0 unspecified atom stereocenters. The third-order valence-electron chi connectivity index (χ3n) is 2.70. The number of halogens is 1. The quantitative estimate of drug-likeness (QED) is 0.724. The van der Waals surface area contributed by atoms with Gasteiger partial charge in [-0.15, -0.1) is 0 Å². The van der Waals surface area contributed by atoms with Crippen LogP contribution < -0.4 is 9.47 Å². The molecule has 0 aliphatic heterocycles. The minimum atomic E-state index is 0.661. The van der Waals surface area contributed by atoms with Crippen molar-refractivity contribution in [2.75, 3.05) is 13.2 Å². The van der Waals surface area contributed by atoms with Gasteiger partial charge in [0, 0.05) is 10.9 Å². The lowest BCUT2D eigenvalue weighted by atomic mass is 10.2. The van der Waals surface area contributed by atoms with E-state index in [0.29, 0.717) is 13.2 Å². The van der Waals surface area contributed by atoms with Crippen LogP contribution in [-0.2, 0) is 0 Å². The van der Waals surface area contributed by atoms with Gasteiger partial charge in [-0.2, -0.15) is 0 Å². The number of ether oxygens (including phenoxy) is 2. The molecular formula is C16H17BrO2. The Morgan fingerprint density at radius 3 is 2.26 bits per heavy atom. The molecule has 2 aromatic rings. The topological polar surface area (TPSA) is 18.5 Å². The molecule has 0 aliphatic rings. The number of benzene rings is 2. The van der Waals surface area contributed by atoms with Gasteiger partial charge in [0.2, 0.25) is 0 Å². The fourth-order valence-corrected chi connectivity index (χ4v) is 1.91. The Balaban J connectivity index is 1.68. The van der Waals surface area contributed by atoms with E-state index in [-0.39, 0.29) is 0 Å². The maximum atomic E-state index is 5.68. The molecule has 0 saturated heterocycles. The largest absolute Gasteiger partial charge is 0.493 e. The summed E-state index contributed by atoms with van der Waals surface area (Å²) >= 11 is 3.47. The van der Waals surface area contributed by atoms with Crippen molar-refractivity contribution in [3.05, 3.63) is 58.6 Å². The van der Waals surface area contributed by atoms with E-state index in [9.17, 15) is 0 Å². The van der Waals surface area contributed by atoms with Crippen LogP contribution in [0.3, 0.4) is 0 Å². The van der Waals surface area contributed by atoms with E-state index in [2.05, 4.69) is 22.9 Å². The van der Waals surface area contributed by atoms with Gasteiger partial charge < -0.3 is 9.47 Å². The van der Waals surface area contributed by atoms with Gasteiger partial charge in [-0.25, -0.2) is 0 Å². The number of hydrogen-bond acceptors (Lipinski definition) is 2. The summed E-state index contributed by atoms with van der Waals surface area (Å²) in [6.45, 7) is 3.38. The fraction of sp³-hybridized carbons (Fsp3) is 0.250. The summed E-state index contributed by atoms with van der Waals surface area (Å²) in [7, 11) is 0. The van der Waals surface area contributed by atoms with Gasteiger partial charge in [0.05, 0.1) is 13.2 Å². The molecule has 0 aliphatic carbocycles. The lowest BCUT2D eigenvalue weighted by molar-refractivity contribution is 0.247. The molecule has 19 heavy (non-hydrogen) atoms. The zero-order valence-corrected chi connectivity index (χ0v) is 12.5. The van der Waals surface area contributed by atoms with Crippen LogP contribution in [0, 0.1) is 6.92 Å². The van der Waals surface area contributed by atoms with Crippen molar-refractivity contribution in [1.29, 1.82) is 0 Å². The highest BCUT2D eigenvalue weighted by atomic mass is 79.9. The first kappa shape index (κ1) is 13.9. The van der Waals surface area contributed by atoms with E-state index in [1.807, 2.05) is 48.5 Å². The highest BCUT2D eigenvalue weighted by Crippen LogP contribution is 2.21. The number of hydrogen-bond donors (Lipinski definition) is 0. The van der Waals surface area contributed by atoms with Crippen molar-refractivity contribution >= 4 is 15.9 Å². The number of aryl methyl sites for hydroxylation is 1. The van der Waals surface area contributed by atoms with Crippen molar-refractivity contribution in [1.82, 2.24) is 0 Å². The predicted molar refractivity (Wildman–Crippen MR) is 80.9 cm³/mol. The van der Waals surface area contributed by atoms with Crippen LogP contribution in [0.15, 0.2) is 53.0 Å². The van der Waals surface area contributed by atoms with Crippen LogP contribution in [0.4, 0.5) is 0 Å². The highest BCUT2D eigenvalue weighted by molar-refractivity contribution is 9.10. The second kappa shape index (κ2) is 7.19. The van der Waals surface area contributed by atoms with Crippen molar-refractivity contribution in [3.8, 4) is 11.5 Å². The zero-order chi connectivity index (χ0) is 13.5. The van der Waals surface area contributed by atoms with Crippen LogP contribution >= 0.6 is 15.9 Å². The first-order valence-corrected chi connectivity index (χ1v) is 7.12. The molecule has 2 nitrogen and oxygen atoms in total. The first-order valence-electron chi connectivity index (χ1n) is 6.32. The molecule has 0 fully saturated rings. The molecule has 0 spiro atoms. The standard InChI is InChI=1S/C16H17BrO2/c1-13-12-15(8-9-16(13)17)19-11-5-10-18-14-6-3-2-4-7-14/h2-4,6-9,12H,5,10-11H2,1H3. The van der Waals surface area contributed by atoms with E-state index in [1.54, 1.807) is 0 Å². The van der Waals surface area contributed by atoms with Gasteiger partial charge in [0.1, 0.15) is 11.5 Å². The highest BCUT2D eigenvalue weighted by Gasteiger charge is 1.98. The van der Waals surface area contributed by atoms with E-state index in [4.69, 9.17) is 9.47 Å².